The zero-order chi connectivity index (χ0) is 30.8. The van der Waals surface area contributed by atoms with E-state index < -0.39 is 69.6 Å². The number of carbonyl (C=O) groups is 3. The van der Waals surface area contributed by atoms with E-state index in [1.165, 1.54) is 37.9 Å². The Labute approximate surface area is 244 Å². The van der Waals surface area contributed by atoms with E-state index in [0.29, 0.717) is 5.92 Å². The molecule has 10 nitrogen and oxygen atoms in total. The molecule has 1 aromatic carbocycles. The van der Waals surface area contributed by atoms with Crippen LogP contribution in [-0.2, 0) is 27.3 Å². The minimum Gasteiger partial charge on any atom is -0.508 e. The Kier molecular flexibility index (Phi) is 7.74. The highest BCUT2D eigenvalue weighted by Crippen LogP contribution is 2.53. The number of primary amides is 1. The number of aliphatic hydroxyl groups excluding tert-OH is 2. The third-order valence-corrected chi connectivity index (χ3v) is 9.80. The first-order valence-corrected chi connectivity index (χ1v) is 14.6. The number of hydrogen-bond donors (Lipinski definition) is 5. The lowest BCUT2D eigenvalue weighted by Gasteiger charge is -2.50. The molecule has 0 aliphatic heterocycles. The molecule has 0 unspecified atom stereocenters. The molecule has 2 saturated carbocycles. The van der Waals surface area contributed by atoms with Crippen LogP contribution in [0.1, 0.15) is 62.6 Å². The maximum atomic E-state index is 16.2. The quantitative estimate of drug-likeness (QED) is 0.302. The zero-order valence-electron chi connectivity index (χ0n) is 24.5. The Hall–Kier alpha value is -3.28. The molecule has 0 spiro atoms. The number of aromatic hydroxyl groups is 1. The number of nitrogens with two attached hydrogens (primary N) is 1. The number of Topliss-reactive ketones (excluding diaryl/α,β-unsaturated/α-hetero) is 2. The second-order valence-electron chi connectivity index (χ2n) is 12.9. The molecule has 1 amide bonds. The monoisotopic (exact) mass is 585 g/mol. The van der Waals surface area contributed by atoms with E-state index in [-0.39, 0.29) is 47.7 Å². The van der Waals surface area contributed by atoms with Crippen LogP contribution in [-0.4, -0.2) is 86.0 Å². The molecule has 1 aromatic rings. The smallest absolute Gasteiger partial charge is 0.255 e. The number of benzene rings is 1. The van der Waals surface area contributed by atoms with Crippen LogP contribution in [0, 0.1) is 23.6 Å². The normalized spacial score (nSPS) is 28.2. The number of hydrogen-bond acceptors (Lipinski definition) is 9. The van der Waals surface area contributed by atoms with E-state index in [9.17, 15) is 34.8 Å². The maximum absolute atomic E-state index is 16.2. The van der Waals surface area contributed by atoms with Crippen molar-refractivity contribution in [2.24, 2.45) is 23.5 Å². The van der Waals surface area contributed by atoms with Crippen molar-refractivity contribution in [3.8, 4) is 5.75 Å². The van der Waals surface area contributed by atoms with Gasteiger partial charge in [-0.05, 0) is 71.5 Å². The van der Waals surface area contributed by atoms with Gasteiger partial charge in [0.1, 0.15) is 28.7 Å². The standard InChI is InChI=1S/C31H40FN3O7/c1-14(2)35(12-15-7-5-6-8-15)13-17-11-20(36)22-18(24(17)32)9-16-10-19-25(34(3)4)27(38)23(30(33)41)29(40)31(19,42)28(39)21(16)26(22)37/h11,14-16,19,25,36-37,40,42H,5-10,12-13H2,1-4H3,(H2,33,41)/t16-,19-,25-,31-/m0/s1. The van der Waals surface area contributed by atoms with E-state index in [1.54, 1.807) is 0 Å². The molecule has 4 atom stereocenters. The third-order valence-electron chi connectivity index (χ3n) is 9.80. The van der Waals surface area contributed by atoms with Crippen LogP contribution >= 0.6 is 0 Å². The van der Waals surface area contributed by atoms with Gasteiger partial charge in [0.2, 0.25) is 5.78 Å². The van der Waals surface area contributed by atoms with Crippen molar-refractivity contribution < 1.29 is 39.2 Å². The van der Waals surface area contributed by atoms with E-state index in [1.807, 2.05) is 13.8 Å². The zero-order valence-corrected chi connectivity index (χ0v) is 24.5. The molecule has 6 N–H and O–H groups in total. The summed E-state index contributed by atoms with van der Waals surface area (Å²) in [5.74, 6) is -7.57. The highest BCUT2D eigenvalue weighted by atomic mass is 19.1. The molecular formula is C31H40FN3O7. The van der Waals surface area contributed by atoms with Crippen molar-refractivity contribution >= 4 is 23.2 Å². The lowest BCUT2D eigenvalue weighted by molar-refractivity contribution is -0.153. The number of amides is 1. The number of nitrogens with zero attached hydrogens (tertiary/aromatic N) is 2. The van der Waals surface area contributed by atoms with Gasteiger partial charge < -0.3 is 26.2 Å². The summed E-state index contributed by atoms with van der Waals surface area (Å²) in [4.78, 5) is 42.9. The largest absolute Gasteiger partial charge is 0.508 e. The molecule has 2 fully saturated rings. The van der Waals surface area contributed by atoms with Gasteiger partial charge in [0.05, 0.1) is 11.6 Å². The molecule has 228 valence electrons. The number of fused-ring (bicyclic) bond motifs is 3. The summed E-state index contributed by atoms with van der Waals surface area (Å²) in [7, 11) is 3.06. The van der Waals surface area contributed by atoms with Crippen LogP contribution in [0.3, 0.4) is 0 Å². The fourth-order valence-electron chi connectivity index (χ4n) is 7.66. The molecule has 0 heterocycles. The molecule has 5 rings (SSSR count). The Morgan fingerprint density at radius 2 is 1.81 bits per heavy atom. The second-order valence-corrected chi connectivity index (χ2v) is 12.9. The molecular weight excluding hydrogens is 545 g/mol. The number of aliphatic hydroxyl groups is 3. The van der Waals surface area contributed by atoms with Crippen LogP contribution in [0.2, 0.25) is 0 Å². The first kappa shape index (κ1) is 30.2. The van der Waals surface area contributed by atoms with Crippen molar-refractivity contribution in [1.29, 1.82) is 0 Å². The fraction of sp³-hybridized carbons (Fsp3) is 0.581. The Balaban J connectivity index is 1.59. The average molecular weight is 586 g/mol. The third kappa shape index (κ3) is 4.53. The summed E-state index contributed by atoms with van der Waals surface area (Å²) < 4.78 is 16.2. The predicted octanol–water partition coefficient (Wildman–Crippen LogP) is 2.50. The minimum absolute atomic E-state index is 0.0557. The van der Waals surface area contributed by atoms with Crippen LogP contribution in [0.15, 0.2) is 23.0 Å². The van der Waals surface area contributed by atoms with Gasteiger partial charge in [0.15, 0.2) is 11.4 Å². The van der Waals surface area contributed by atoms with Gasteiger partial charge in [-0.25, -0.2) is 4.39 Å². The number of phenolic OH excluding ortho intramolecular Hbond substituents is 1. The molecule has 11 heteroatoms. The van der Waals surface area contributed by atoms with Gasteiger partial charge in [-0.2, -0.15) is 0 Å². The summed E-state index contributed by atoms with van der Waals surface area (Å²) in [5, 5.41) is 45.0. The Morgan fingerprint density at radius 3 is 2.38 bits per heavy atom. The molecule has 0 bridgehead atoms. The van der Waals surface area contributed by atoms with Gasteiger partial charge in [0.25, 0.3) is 5.91 Å². The lowest BCUT2D eigenvalue weighted by atomic mass is 9.57. The van der Waals surface area contributed by atoms with Crippen LogP contribution < -0.4 is 5.73 Å². The van der Waals surface area contributed by atoms with Crippen molar-refractivity contribution in [2.75, 3.05) is 20.6 Å². The molecule has 4 aliphatic rings. The van der Waals surface area contributed by atoms with Crippen molar-refractivity contribution in [2.45, 2.75) is 76.6 Å². The highest BCUT2D eigenvalue weighted by molar-refractivity contribution is 6.24. The summed E-state index contributed by atoms with van der Waals surface area (Å²) in [6, 6.07) is 0.209. The fourth-order valence-corrected chi connectivity index (χ4v) is 7.66. The number of phenols is 1. The molecule has 4 aliphatic carbocycles. The first-order chi connectivity index (χ1) is 19.7. The lowest BCUT2D eigenvalue weighted by Crippen LogP contribution is -2.65. The number of ketones is 2. The number of rotatable bonds is 7. The predicted molar refractivity (Wildman–Crippen MR) is 152 cm³/mol. The van der Waals surface area contributed by atoms with Crippen molar-refractivity contribution in [1.82, 2.24) is 9.80 Å². The van der Waals surface area contributed by atoms with Gasteiger partial charge >= 0.3 is 0 Å². The van der Waals surface area contributed by atoms with Crippen LogP contribution in [0.5, 0.6) is 5.75 Å². The van der Waals surface area contributed by atoms with Gasteiger partial charge in [-0.1, -0.05) is 12.8 Å². The highest BCUT2D eigenvalue weighted by Gasteiger charge is 2.64. The van der Waals surface area contributed by atoms with E-state index >= 15 is 4.39 Å². The minimum atomic E-state index is -2.73. The summed E-state index contributed by atoms with van der Waals surface area (Å²) >= 11 is 0. The Bertz CT molecular complexity index is 1410. The van der Waals surface area contributed by atoms with Crippen molar-refractivity contribution in [3.05, 3.63) is 45.5 Å². The van der Waals surface area contributed by atoms with Crippen LogP contribution in [0.25, 0.3) is 5.76 Å². The van der Waals surface area contributed by atoms with Crippen molar-refractivity contribution in [3.63, 3.8) is 0 Å². The van der Waals surface area contributed by atoms with E-state index in [4.69, 9.17) is 5.73 Å². The van der Waals surface area contributed by atoms with Gasteiger partial charge in [-0.15, -0.1) is 0 Å². The van der Waals surface area contributed by atoms with E-state index in [2.05, 4.69) is 4.90 Å². The second kappa shape index (κ2) is 10.8. The van der Waals surface area contributed by atoms with E-state index in [0.717, 1.165) is 19.4 Å². The summed E-state index contributed by atoms with van der Waals surface area (Å²) in [6.07, 6.45) is 4.48. The first-order valence-electron chi connectivity index (χ1n) is 14.6. The molecule has 0 aromatic heterocycles. The van der Waals surface area contributed by atoms with Gasteiger partial charge in [0, 0.05) is 41.7 Å². The Morgan fingerprint density at radius 1 is 1.17 bits per heavy atom. The topological polar surface area (TPSA) is 165 Å². The van der Waals surface area contributed by atoms with Gasteiger partial charge in [-0.3, -0.25) is 24.2 Å². The van der Waals surface area contributed by atoms with Crippen LogP contribution in [0.4, 0.5) is 4.39 Å². The molecule has 0 saturated heterocycles. The average Bonchev–Trinajstić information content (AvgIpc) is 3.41. The molecule has 42 heavy (non-hydrogen) atoms. The maximum Gasteiger partial charge on any atom is 0.255 e. The number of likely N-dealkylation sites (N-methyl/N-ethyl adjacent to an activating group) is 1. The molecule has 0 radical (unpaired) electrons. The number of halogens is 1. The number of carbonyl (C=O) groups excluding carboxylic acids is 3. The summed E-state index contributed by atoms with van der Waals surface area (Å²) in [5.41, 5.74) is 1.55. The SMILES string of the molecule is CC(C)N(Cc1cc(O)c2c(c1F)C[C@H]1C[C@H]3[C@H](N(C)C)C(=O)C(C(N)=O)=C(O)[C@@]3(O)C(=O)C1=C2O)CC1CCCC1. The summed E-state index contributed by atoms with van der Waals surface area (Å²) in [6.45, 7) is 5.16.